The number of amides is 1. The quantitative estimate of drug-likeness (QED) is 0.224. The Balaban J connectivity index is 3.15. The summed E-state index contributed by atoms with van der Waals surface area (Å²) in [6.45, 7) is 0.714. The second kappa shape index (κ2) is 17.1. The number of thiol groups is 1. The van der Waals surface area contributed by atoms with Gasteiger partial charge in [-0.25, -0.2) is 0 Å². The van der Waals surface area contributed by atoms with Crippen molar-refractivity contribution in [1.82, 2.24) is 5.32 Å². The first-order valence-corrected chi connectivity index (χ1v) is 9.96. The molecule has 0 aromatic heterocycles. The van der Waals surface area contributed by atoms with E-state index in [0.717, 1.165) is 25.7 Å². The molecule has 0 saturated carbocycles. The van der Waals surface area contributed by atoms with Gasteiger partial charge in [0.15, 0.2) is 0 Å². The smallest absolute Gasteiger partial charge is 0.305 e. The maximum atomic E-state index is 11.4. The van der Waals surface area contributed by atoms with E-state index in [9.17, 15) is 9.59 Å². The fraction of sp³-hybridized carbons (Fsp3) is 0.889. The minimum Gasteiger partial charge on any atom is -0.469 e. The monoisotopic (exact) mass is 360 g/mol. The summed E-state index contributed by atoms with van der Waals surface area (Å²) >= 11 is 4.01. The number of hydrogen-bond acceptors (Lipinski definition) is 5. The van der Waals surface area contributed by atoms with Crippen LogP contribution in [0.5, 0.6) is 0 Å². The summed E-state index contributed by atoms with van der Waals surface area (Å²) in [7, 11) is 1.44. The Kier molecular flexibility index (Phi) is 16.6. The van der Waals surface area contributed by atoms with Gasteiger partial charge in [-0.1, -0.05) is 57.8 Å². The molecule has 0 radical (unpaired) electrons. The molecule has 0 saturated heterocycles. The molecule has 142 valence electrons. The van der Waals surface area contributed by atoms with Crippen molar-refractivity contribution in [2.24, 2.45) is 5.73 Å². The molecular weight excluding hydrogens is 324 g/mol. The number of methoxy groups -OCH3 is 1. The molecule has 0 fully saturated rings. The normalized spacial score (nSPS) is 12.0. The fourth-order valence-electron chi connectivity index (χ4n) is 2.51. The van der Waals surface area contributed by atoms with E-state index in [2.05, 4.69) is 22.7 Å². The average Bonchev–Trinajstić information content (AvgIpc) is 2.60. The van der Waals surface area contributed by atoms with Gasteiger partial charge in [0.1, 0.15) is 0 Å². The van der Waals surface area contributed by atoms with E-state index in [1.807, 2.05) is 0 Å². The molecule has 1 amide bonds. The van der Waals surface area contributed by atoms with Crippen molar-refractivity contribution in [2.75, 3.05) is 19.4 Å². The van der Waals surface area contributed by atoms with Crippen LogP contribution in [0.15, 0.2) is 0 Å². The maximum absolute atomic E-state index is 11.4. The predicted molar refractivity (Wildman–Crippen MR) is 102 cm³/mol. The van der Waals surface area contributed by atoms with Crippen LogP contribution in [0, 0.1) is 0 Å². The topological polar surface area (TPSA) is 81.4 Å². The van der Waals surface area contributed by atoms with E-state index >= 15 is 0 Å². The first kappa shape index (κ1) is 23.2. The molecule has 0 aromatic rings. The Labute approximate surface area is 152 Å². The highest BCUT2D eigenvalue weighted by Crippen LogP contribution is 2.12. The summed E-state index contributed by atoms with van der Waals surface area (Å²) < 4.78 is 4.62. The van der Waals surface area contributed by atoms with Gasteiger partial charge in [0.05, 0.1) is 13.2 Å². The summed E-state index contributed by atoms with van der Waals surface area (Å²) in [5.74, 6) is 0.188. The number of hydrogen-bond donors (Lipinski definition) is 3. The second-order valence-electron chi connectivity index (χ2n) is 6.30. The number of nitrogens with two attached hydrogens (primary N) is 1. The Morgan fingerprint density at radius 2 is 1.38 bits per heavy atom. The lowest BCUT2D eigenvalue weighted by atomic mass is 10.1. The van der Waals surface area contributed by atoms with Gasteiger partial charge in [0.25, 0.3) is 0 Å². The molecule has 6 heteroatoms. The van der Waals surface area contributed by atoms with Gasteiger partial charge in [-0.2, -0.15) is 12.6 Å². The second-order valence-corrected chi connectivity index (χ2v) is 6.66. The van der Waals surface area contributed by atoms with Crippen LogP contribution < -0.4 is 11.1 Å². The van der Waals surface area contributed by atoms with Crippen LogP contribution in [-0.2, 0) is 14.3 Å². The molecule has 3 N–H and O–H groups in total. The highest BCUT2D eigenvalue weighted by atomic mass is 32.1. The maximum Gasteiger partial charge on any atom is 0.305 e. The van der Waals surface area contributed by atoms with Crippen molar-refractivity contribution in [3.63, 3.8) is 0 Å². The summed E-state index contributed by atoms with van der Waals surface area (Å²) in [5, 5.41) is 2.84. The van der Waals surface area contributed by atoms with Gasteiger partial charge in [-0.15, -0.1) is 0 Å². The predicted octanol–water partition coefficient (Wildman–Crippen LogP) is 3.21. The van der Waals surface area contributed by atoms with Gasteiger partial charge in [0, 0.05) is 18.7 Å². The zero-order valence-electron chi connectivity index (χ0n) is 15.2. The number of esters is 1. The third kappa shape index (κ3) is 14.8. The van der Waals surface area contributed by atoms with E-state index in [1.165, 1.54) is 52.1 Å². The minimum atomic E-state index is -0.492. The standard InChI is InChI=1S/C18H36N2O3S/c1-23-17(21)13-11-9-7-5-3-2-4-6-8-10-12-14-20-18(22)16(19)15-24/h16,24H,2-15,19H2,1H3,(H,20,22). The zero-order chi connectivity index (χ0) is 18.0. The van der Waals surface area contributed by atoms with Gasteiger partial charge in [-0.3, -0.25) is 9.59 Å². The van der Waals surface area contributed by atoms with Crippen molar-refractivity contribution in [3.8, 4) is 0 Å². The molecule has 1 unspecified atom stereocenters. The highest BCUT2D eigenvalue weighted by Gasteiger charge is 2.09. The molecule has 0 rings (SSSR count). The largest absolute Gasteiger partial charge is 0.469 e. The SMILES string of the molecule is COC(=O)CCCCCCCCCCCCCNC(=O)C(N)CS. The molecular formula is C18H36N2O3S. The van der Waals surface area contributed by atoms with E-state index in [4.69, 9.17) is 5.73 Å². The summed E-state index contributed by atoms with van der Waals surface area (Å²) in [4.78, 5) is 22.4. The van der Waals surface area contributed by atoms with Gasteiger partial charge >= 0.3 is 5.97 Å². The van der Waals surface area contributed by atoms with Crippen LogP contribution >= 0.6 is 12.6 Å². The van der Waals surface area contributed by atoms with Gasteiger partial charge in [0.2, 0.25) is 5.91 Å². The summed E-state index contributed by atoms with van der Waals surface area (Å²) in [5.41, 5.74) is 5.57. The molecule has 0 bridgehead atoms. The number of carbonyl (C=O) groups excluding carboxylic acids is 2. The Morgan fingerprint density at radius 3 is 1.83 bits per heavy atom. The van der Waals surface area contributed by atoms with Gasteiger partial charge < -0.3 is 15.8 Å². The van der Waals surface area contributed by atoms with Crippen molar-refractivity contribution in [2.45, 2.75) is 83.1 Å². The number of rotatable bonds is 16. The summed E-state index contributed by atoms with van der Waals surface area (Å²) in [6.07, 6.45) is 13.6. The Morgan fingerprint density at radius 1 is 0.917 bits per heavy atom. The molecule has 0 spiro atoms. The molecule has 0 aliphatic rings. The van der Waals surface area contributed by atoms with E-state index in [0.29, 0.717) is 18.7 Å². The van der Waals surface area contributed by atoms with E-state index in [1.54, 1.807) is 0 Å². The van der Waals surface area contributed by atoms with E-state index in [-0.39, 0.29) is 11.9 Å². The number of ether oxygens (including phenoxy) is 1. The third-order valence-electron chi connectivity index (χ3n) is 4.12. The van der Waals surface area contributed by atoms with Crippen LogP contribution in [-0.4, -0.2) is 37.3 Å². The molecule has 5 nitrogen and oxygen atoms in total. The van der Waals surface area contributed by atoms with Crippen molar-refractivity contribution in [3.05, 3.63) is 0 Å². The highest BCUT2D eigenvalue weighted by molar-refractivity contribution is 7.80. The lowest BCUT2D eigenvalue weighted by molar-refractivity contribution is -0.140. The molecule has 0 aliphatic heterocycles. The van der Waals surface area contributed by atoms with Crippen molar-refractivity contribution >= 4 is 24.5 Å². The lowest BCUT2D eigenvalue weighted by Gasteiger charge is -2.09. The number of carbonyl (C=O) groups is 2. The van der Waals surface area contributed by atoms with Crippen molar-refractivity contribution in [1.29, 1.82) is 0 Å². The van der Waals surface area contributed by atoms with Crippen molar-refractivity contribution < 1.29 is 14.3 Å². The zero-order valence-corrected chi connectivity index (χ0v) is 16.1. The average molecular weight is 361 g/mol. The molecule has 0 aromatic carbocycles. The molecule has 24 heavy (non-hydrogen) atoms. The Bertz CT molecular complexity index is 327. The first-order valence-electron chi connectivity index (χ1n) is 9.32. The Hall–Kier alpha value is -0.750. The fourth-order valence-corrected chi connectivity index (χ4v) is 2.68. The molecule has 1 atom stereocenters. The first-order chi connectivity index (χ1) is 11.6. The van der Waals surface area contributed by atoms with Crippen LogP contribution in [0.25, 0.3) is 0 Å². The van der Waals surface area contributed by atoms with E-state index < -0.39 is 6.04 Å². The van der Waals surface area contributed by atoms with Gasteiger partial charge in [-0.05, 0) is 12.8 Å². The molecule has 0 heterocycles. The molecule has 0 aliphatic carbocycles. The third-order valence-corrected chi connectivity index (χ3v) is 4.51. The lowest BCUT2D eigenvalue weighted by Crippen LogP contribution is -2.42. The number of nitrogens with one attached hydrogen (secondary N) is 1. The minimum absolute atomic E-state index is 0.0980. The number of unbranched alkanes of at least 4 members (excludes halogenated alkanes) is 10. The summed E-state index contributed by atoms with van der Waals surface area (Å²) in [6, 6.07) is -0.492. The van der Waals surface area contributed by atoms with Crippen LogP contribution in [0.1, 0.15) is 77.0 Å². The van der Waals surface area contributed by atoms with Crippen LogP contribution in [0.2, 0.25) is 0 Å². The van der Waals surface area contributed by atoms with Crippen LogP contribution in [0.4, 0.5) is 0 Å². The van der Waals surface area contributed by atoms with Crippen LogP contribution in [0.3, 0.4) is 0 Å².